The maximum atomic E-state index is 13.3. The summed E-state index contributed by atoms with van der Waals surface area (Å²) in [6.07, 6.45) is 0. The van der Waals surface area contributed by atoms with Crippen molar-refractivity contribution in [1.29, 1.82) is 0 Å². The minimum atomic E-state index is -0.537. The Bertz CT molecular complexity index is 378. The van der Waals surface area contributed by atoms with Gasteiger partial charge in [-0.15, -0.1) is 0 Å². The molecule has 2 nitrogen and oxygen atoms in total. The van der Waals surface area contributed by atoms with Crippen LogP contribution in [0.2, 0.25) is 0 Å². The molecule has 5 heteroatoms. The number of rotatable bonds is 2. The first-order valence-corrected chi connectivity index (χ1v) is 6.02. The van der Waals surface area contributed by atoms with Crippen LogP contribution in [0.15, 0.2) is 16.6 Å². The first-order valence-electron chi connectivity index (χ1n) is 5.23. The Morgan fingerprint density at radius 3 is 2.62 bits per heavy atom. The van der Waals surface area contributed by atoms with Crippen LogP contribution < -0.4 is 5.32 Å². The highest BCUT2D eigenvalue weighted by Crippen LogP contribution is 2.23. The van der Waals surface area contributed by atoms with Gasteiger partial charge in [0.1, 0.15) is 11.6 Å². The van der Waals surface area contributed by atoms with E-state index in [4.69, 9.17) is 0 Å². The van der Waals surface area contributed by atoms with E-state index >= 15 is 0 Å². The summed E-state index contributed by atoms with van der Waals surface area (Å²) < 4.78 is 26.7. The largest absolute Gasteiger partial charge is 0.314 e. The molecule has 0 aromatic heterocycles. The van der Waals surface area contributed by atoms with E-state index < -0.39 is 11.6 Å². The summed E-state index contributed by atoms with van der Waals surface area (Å²) in [6, 6.07) is 2.28. The Hall–Kier alpha value is -0.520. The van der Waals surface area contributed by atoms with Crippen molar-refractivity contribution in [3.63, 3.8) is 0 Å². The van der Waals surface area contributed by atoms with Gasteiger partial charge in [-0.25, -0.2) is 8.78 Å². The van der Waals surface area contributed by atoms with Crippen LogP contribution >= 0.6 is 15.9 Å². The summed E-state index contributed by atoms with van der Waals surface area (Å²) in [5.74, 6) is -1.06. The predicted octanol–water partition coefficient (Wildman–Crippen LogP) is 2.13. The highest BCUT2D eigenvalue weighted by atomic mass is 79.9. The Morgan fingerprint density at radius 2 is 1.94 bits per heavy atom. The van der Waals surface area contributed by atoms with Crippen molar-refractivity contribution in [2.45, 2.75) is 6.54 Å². The standard InChI is InChI=1S/C11H13BrF2N2/c12-11-8(5-9(13)6-10(11)14)7-16-3-1-15-2-4-16/h5-6,15H,1-4,7H2. The van der Waals surface area contributed by atoms with Crippen molar-refractivity contribution in [3.05, 3.63) is 33.8 Å². The fourth-order valence-electron chi connectivity index (χ4n) is 1.83. The van der Waals surface area contributed by atoms with E-state index in [0.717, 1.165) is 32.2 Å². The monoisotopic (exact) mass is 290 g/mol. The number of nitrogens with one attached hydrogen (secondary N) is 1. The van der Waals surface area contributed by atoms with Crippen molar-refractivity contribution >= 4 is 15.9 Å². The summed E-state index contributed by atoms with van der Waals surface area (Å²) in [5.41, 5.74) is 0.666. The third-order valence-corrected chi connectivity index (χ3v) is 3.56. The molecule has 1 aliphatic rings. The van der Waals surface area contributed by atoms with Gasteiger partial charge >= 0.3 is 0 Å². The lowest BCUT2D eigenvalue weighted by Crippen LogP contribution is -2.42. The van der Waals surface area contributed by atoms with Gasteiger partial charge in [0, 0.05) is 38.8 Å². The van der Waals surface area contributed by atoms with Crippen molar-refractivity contribution in [2.75, 3.05) is 26.2 Å². The van der Waals surface area contributed by atoms with Gasteiger partial charge < -0.3 is 5.32 Å². The van der Waals surface area contributed by atoms with E-state index in [2.05, 4.69) is 26.1 Å². The van der Waals surface area contributed by atoms with E-state index in [0.29, 0.717) is 16.6 Å². The van der Waals surface area contributed by atoms with Gasteiger partial charge in [0.25, 0.3) is 0 Å². The summed E-state index contributed by atoms with van der Waals surface area (Å²) >= 11 is 3.16. The van der Waals surface area contributed by atoms with Gasteiger partial charge in [-0.2, -0.15) is 0 Å². The molecule has 1 aromatic rings. The molecular formula is C11H13BrF2N2. The van der Waals surface area contributed by atoms with Crippen LogP contribution in [0.3, 0.4) is 0 Å². The summed E-state index contributed by atoms with van der Waals surface area (Å²) in [7, 11) is 0. The van der Waals surface area contributed by atoms with E-state index in [1.165, 1.54) is 6.07 Å². The molecule has 16 heavy (non-hydrogen) atoms. The first-order chi connectivity index (χ1) is 7.66. The summed E-state index contributed by atoms with van der Waals surface area (Å²) in [4.78, 5) is 2.18. The zero-order valence-electron chi connectivity index (χ0n) is 8.77. The maximum Gasteiger partial charge on any atom is 0.140 e. The van der Waals surface area contributed by atoms with E-state index in [1.807, 2.05) is 0 Å². The highest BCUT2D eigenvalue weighted by molar-refractivity contribution is 9.10. The first kappa shape index (κ1) is 12.0. The fraction of sp³-hybridized carbons (Fsp3) is 0.455. The van der Waals surface area contributed by atoms with Gasteiger partial charge in [0.2, 0.25) is 0 Å². The van der Waals surface area contributed by atoms with Gasteiger partial charge in [0.15, 0.2) is 0 Å². The number of hydrogen-bond donors (Lipinski definition) is 1. The lowest BCUT2D eigenvalue weighted by Gasteiger charge is -2.27. The minimum absolute atomic E-state index is 0.368. The van der Waals surface area contributed by atoms with E-state index in [9.17, 15) is 8.78 Å². The Balaban J connectivity index is 2.13. The highest BCUT2D eigenvalue weighted by Gasteiger charge is 2.14. The zero-order valence-corrected chi connectivity index (χ0v) is 10.4. The molecular weight excluding hydrogens is 278 g/mol. The molecule has 1 N–H and O–H groups in total. The second-order valence-electron chi connectivity index (χ2n) is 3.89. The SMILES string of the molecule is Fc1cc(F)c(Br)c(CN2CCNCC2)c1. The number of piperazine rings is 1. The summed E-state index contributed by atoms with van der Waals surface area (Å²) in [5, 5.41) is 3.24. The molecule has 1 heterocycles. The van der Waals surface area contributed by atoms with Crippen LogP contribution in [-0.2, 0) is 6.54 Å². The van der Waals surface area contributed by atoms with Crippen molar-refractivity contribution in [3.8, 4) is 0 Å². The number of nitrogens with zero attached hydrogens (tertiary/aromatic N) is 1. The van der Waals surface area contributed by atoms with Gasteiger partial charge in [-0.3, -0.25) is 4.90 Å². The minimum Gasteiger partial charge on any atom is -0.314 e. The average Bonchev–Trinajstić information content (AvgIpc) is 2.27. The van der Waals surface area contributed by atoms with Crippen LogP contribution in [0.4, 0.5) is 8.78 Å². The van der Waals surface area contributed by atoms with Crippen LogP contribution in [0.25, 0.3) is 0 Å². The van der Waals surface area contributed by atoms with E-state index in [-0.39, 0.29) is 0 Å². The van der Waals surface area contributed by atoms with Crippen LogP contribution in [-0.4, -0.2) is 31.1 Å². The molecule has 88 valence electrons. The summed E-state index contributed by atoms with van der Waals surface area (Å²) in [6.45, 7) is 4.25. The number of hydrogen-bond acceptors (Lipinski definition) is 2. The molecule has 0 unspecified atom stereocenters. The molecule has 0 spiro atoms. The predicted molar refractivity (Wildman–Crippen MR) is 62.2 cm³/mol. The molecule has 0 saturated carbocycles. The lowest BCUT2D eigenvalue weighted by molar-refractivity contribution is 0.232. The molecule has 0 aliphatic carbocycles. The topological polar surface area (TPSA) is 15.3 Å². The smallest absolute Gasteiger partial charge is 0.140 e. The molecule has 0 radical (unpaired) electrons. The number of halogens is 3. The molecule has 0 bridgehead atoms. The lowest BCUT2D eigenvalue weighted by atomic mass is 10.2. The van der Waals surface area contributed by atoms with Crippen molar-refractivity contribution < 1.29 is 8.78 Å². The molecule has 0 atom stereocenters. The average molecular weight is 291 g/mol. The van der Waals surface area contributed by atoms with Gasteiger partial charge in [-0.1, -0.05) is 0 Å². The van der Waals surface area contributed by atoms with Crippen LogP contribution in [0.1, 0.15) is 5.56 Å². The molecule has 1 aliphatic heterocycles. The Labute approximate surface area is 102 Å². The molecule has 1 fully saturated rings. The van der Waals surface area contributed by atoms with Crippen molar-refractivity contribution in [1.82, 2.24) is 10.2 Å². The van der Waals surface area contributed by atoms with Crippen molar-refractivity contribution in [2.24, 2.45) is 0 Å². The Kier molecular flexibility index (Phi) is 3.89. The Morgan fingerprint density at radius 1 is 1.25 bits per heavy atom. The quantitative estimate of drug-likeness (QED) is 0.840. The maximum absolute atomic E-state index is 13.3. The number of benzene rings is 1. The van der Waals surface area contributed by atoms with Crippen LogP contribution in [0.5, 0.6) is 0 Å². The second kappa shape index (κ2) is 5.21. The second-order valence-corrected chi connectivity index (χ2v) is 4.68. The fourth-order valence-corrected chi connectivity index (χ4v) is 2.19. The van der Waals surface area contributed by atoms with Gasteiger partial charge in [0.05, 0.1) is 4.47 Å². The third kappa shape index (κ3) is 2.78. The van der Waals surface area contributed by atoms with Gasteiger partial charge in [-0.05, 0) is 27.6 Å². The van der Waals surface area contributed by atoms with Crippen LogP contribution in [0, 0.1) is 11.6 Å². The molecule has 1 saturated heterocycles. The molecule has 1 aromatic carbocycles. The molecule has 2 rings (SSSR count). The molecule has 0 amide bonds. The third-order valence-electron chi connectivity index (χ3n) is 2.67. The normalized spacial score (nSPS) is 17.7. The van der Waals surface area contributed by atoms with E-state index in [1.54, 1.807) is 0 Å². The zero-order chi connectivity index (χ0) is 11.5.